The normalized spacial score (nSPS) is 27.2. The Balaban J connectivity index is 2.09. The first-order chi connectivity index (χ1) is 11.8. The molecule has 7 heteroatoms. The summed E-state index contributed by atoms with van der Waals surface area (Å²) < 4.78 is 18.5. The summed E-state index contributed by atoms with van der Waals surface area (Å²) in [5.74, 6) is -0.957. The lowest BCUT2D eigenvalue weighted by atomic mass is 9.93. The molecule has 0 radical (unpaired) electrons. The number of piperidine rings is 1. The van der Waals surface area contributed by atoms with Crippen molar-refractivity contribution in [3.05, 3.63) is 35.5 Å². The molecule has 0 aromatic carbocycles. The van der Waals surface area contributed by atoms with Crippen LogP contribution >= 0.6 is 0 Å². The number of hydrogen-bond acceptors (Lipinski definition) is 2. The highest BCUT2D eigenvalue weighted by Gasteiger charge is 2.33. The summed E-state index contributed by atoms with van der Waals surface area (Å²) in [5, 5.41) is 0.832. The number of amides is 1. The molecule has 1 aliphatic rings. The van der Waals surface area contributed by atoms with E-state index in [2.05, 4.69) is 19.8 Å². The zero-order chi connectivity index (χ0) is 18.2. The van der Waals surface area contributed by atoms with Crippen molar-refractivity contribution in [1.82, 2.24) is 24.4 Å². The predicted octanol–water partition coefficient (Wildman–Crippen LogP) is 0.449. The van der Waals surface area contributed by atoms with E-state index in [4.69, 9.17) is 9.31 Å². The fourth-order valence-electron chi connectivity index (χ4n) is 3.06. The van der Waals surface area contributed by atoms with Gasteiger partial charge in [-0.1, -0.05) is 6.92 Å². The fraction of sp³-hybridized carbons (Fsp3) is 0.500. The van der Waals surface area contributed by atoms with E-state index >= 15 is 0 Å². The minimum absolute atomic E-state index is 0.0280. The first kappa shape index (κ1) is 12.9. The third kappa shape index (κ3) is 2.84. The fourth-order valence-corrected chi connectivity index (χ4v) is 3.06. The summed E-state index contributed by atoms with van der Waals surface area (Å²) in [7, 11) is 1.86. The molecule has 1 saturated heterocycles. The van der Waals surface area contributed by atoms with E-state index in [1.807, 2.05) is 24.6 Å². The maximum Gasteiger partial charge on any atom is 0.302 e. The van der Waals surface area contributed by atoms with Gasteiger partial charge in [0, 0.05) is 14.1 Å². The molecule has 0 bridgehead atoms. The summed E-state index contributed by atoms with van der Waals surface area (Å²) in [4.78, 5) is 27.0. The lowest BCUT2D eigenvalue weighted by molar-refractivity contribution is -0.131. The maximum absolute atomic E-state index is 12.1. The summed E-state index contributed by atoms with van der Waals surface area (Å²) >= 11 is 0. The van der Waals surface area contributed by atoms with Crippen LogP contribution in [0.3, 0.4) is 0 Å². The number of carbonyl (C=O) groups is 1. The largest absolute Gasteiger partial charge is 0.346 e. The number of aromatic amines is 2. The molecule has 1 aliphatic heterocycles. The third-order valence-corrected chi connectivity index (χ3v) is 4.45. The molecule has 2 aromatic rings. The van der Waals surface area contributed by atoms with Crippen molar-refractivity contribution in [3.63, 3.8) is 0 Å². The first-order valence-electron chi connectivity index (χ1n) is 8.54. The molecule has 7 nitrogen and oxygen atoms in total. The van der Waals surface area contributed by atoms with E-state index in [1.54, 1.807) is 11.1 Å². The Morgan fingerprint density at radius 3 is 3.30 bits per heavy atom. The summed E-state index contributed by atoms with van der Waals surface area (Å²) in [6.45, 7) is 9.45. The second-order valence-corrected chi connectivity index (χ2v) is 5.82. The summed E-state index contributed by atoms with van der Waals surface area (Å²) in [6, 6.07) is 1.60. The highest BCUT2D eigenvalue weighted by atomic mass is 16.2. The van der Waals surface area contributed by atoms with Crippen LogP contribution in [0.25, 0.3) is 15.9 Å². The molecule has 120 valence electrons. The summed E-state index contributed by atoms with van der Waals surface area (Å²) in [6.07, 6.45) is 2.32. The van der Waals surface area contributed by atoms with E-state index in [-0.39, 0.29) is 24.8 Å². The number of aromatic nitrogens is 3. The highest BCUT2D eigenvalue weighted by Crippen LogP contribution is 2.18. The number of nitrogens with zero attached hydrogens (tertiary/aromatic N) is 4. The molecule has 2 aromatic heterocycles. The van der Waals surface area contributed by atoms with Gasteiger partial charge in [0.1, 0.15) is 18.4 Å². The number of rotatable bonds is 2. The molecule has 1 fully saturated rings. The molecule has 23 heavy (non-hydrogen) atoms. The lowest BCUT2D eigenvalue weighted by Gasteiger charge is -2.35. The van der Waals surface area contributed by atoms with Crippen LogP contribution in [0.15, 0.2) is 18.6 Å². The minimum atomic E-state index is -0.758. The SMILES string of the molecule is [2H]c1nc2[nH]ccc2c(=[N+](C)[C@H]2CN(C(=O)C[N+]#[C-])CC[C@@]2([2H])C)[nH]1. The van der Waals surface area contributed by atoms with Gasteiger partial charge in [-0.25, -0.2) is 11.6 Å². The second kappa shape index (κ2) is 6.24. The first-order valence-corrected chi connectivity index (χ1v) is 7.54. The standard InChI is InChI=1S/C16H20N6O/c1-11-5-7-22(14(23)8-17-2)9-13(11)21(3)16-12-4-6-18-15(12)19-10-20-16/h4,6,10-11,13H,5,7-9H2,1,3H3,(H,18,19,20)/p+1/t11-,13+/m1/s1/i10D,11D. The number of likely N-dealkylation sites (tertiary alicyclic amines) is 1. The molecule has 0 aliphatic carbocycles. The quantitative estimate of drug-likeness (QED) is 0.624. The monoisotopic (exact) mass is 315 g/mol. The Hall–Kier alpha value is -2.62. The van der Waals surface area contributed by atoms with Gasteiger partial charge in [-0.3, -0.25) is 9.37 Å². The molecule has 0 unspecified atom stereocenters. The molecule has 0 saturated carbocycles. The van der Waals surface area contributed by atoms with Crippen LogP contribution in [-0.2, 0) is 4.79 Å². The molecule has 0 spiro atoms. The van der Waals surface area contributed by atoms with Crippen molar-refractivity contribution >= 4 is 16.9 Å². The van der Waals surface area contributed by atoms with E-state index in [0.717, 1.165) is 5.39 Å². The average molecular weight is 315 g/mol. The number of fused-ring (bicyclic) bond motifs is 1. The van der Waals surface area contributed by atoms with Crippen LogP contribution in [0.2, 0.25) is 0 Å². The van der Waals surface area contributed by atoms with Crippen molar-refractivity contribution in [2.24, 2.45) is 5.89 Å². The Morgan fingerprint density at radius 1 is 1.70 bits per heavy atom. The second-order valence-electron chi connectivity index (χ2n) is 5.82. The zero-order valence-corrected chi connectivity index (χ0v) is 13.3. The van der Waals surface area contributed by atoms with Crippen molar-refractivity contribution in [2.45, 2.75) is 19.4 Å². The van der Waals surface area contributed by atoms with E-state index < -0.39 is 5.89 Å². The van der Waals surface area contributed by atoms with Gasteiger partial charge < -0.3 is 14.7 Å². The van der Waals surface area contributed by atoms with Gasteiger partial charge in [0.2, 0.25) is 0 Å². The van der Waals surface area contributed by atoms with Gasteiger partial charge in [-0.05, 0) is 18.4 Å². The minimum Gasteiger partial charge on any atom is -0.346 e. The molecular weight excluding hydrogens is 292 g/mol. The Kier molecular flexibility index (Phi) is 3.50. The van der Waals surface area contributed by atoms with Crippen LogP contribution in [-0.4, -0.2) is 58.5 Å². The number of likely N-dealkylation sites (N-methyl/N-ethyl adjacent to an activating group) is 1. The Bertz CT molecular complexity index is 923. The van der Waals surface area contributed by atoms with Crippen LogP contribution < -0.4 is 10.1 Å². The van der Waals surface area contributed by atoms with Crippen molar-refractivity contribution in [2.75, 3.05) is 26.7 Å². The van der Waals surface area contributed by atoms with Crippen LogP contribution in [0, 0.1) is 12.5 Å². The number of carbonyl (C=O) groups excluding carboxylic acids is 1. The molecule has 3 heterocycles. The van der Waals surface area contributed by atoms with E-state index in [1.165, 1.54) is 0 Å². The van der Waals surface area contributed by atoms with Gasteiger partial charge in [-0.15, -0.1) is 0 Å². The van der Waals surface area contributed by atoms with E-state index in [9.17, 15) is 4.79 Å². The van der Waals surface area contributed by atoms with Gasteiger partial charge in [-0.2, -0.15) is 4.98 Å². The highest BCUT2D eigenvalue weighted by molar-refractivity contribution is 5.79. The van der Waals surface area contributed by atoms with Crippen molar-refractivity contribution in [3.8, 4) is 0 Å². The number of hydrogen-bond donors (Lipinski definition) is 2. The molecule has 2 N–H and O–H groups in total. The van der Waals surface area contributed by atoms with Crippen molar-refractivity contribution < 1.29 is 7.54 Å². The van der Waals surface area contributed by atoms with Crippen LogP contribution in [0.1, 0.15) is 16.1 Å². The Labute approximate surface area is 137 Å². The van der Waals surface area contributed by atoms with Crippen molar-refractivity contribution in [1.29, 1.82) is 0 Å². The number of nitrogens with one attached hydrogen (secondary N) is 2. The average Bonchev–Trinajstić information content (AvgIpc) is 3.01. The molecule has 3 rings (SSSR count). The third-order valence-electron chi connectivity index (χ3n) is 4.45. The predicted molar refractivity (Wildman–Crippen MR) is 87.3 cm³/mol. The Morgan fingerprint density at radius 2 is 2.52 bits per heavy atom. The van der Waals surface area contributed by atoms with Crippen LogP contribution in [0.5, 0.6) is 0 Å². The van der Waals surface area contributed by atoms with Gasteiger partial charge in [0.25, 0.3) is 12.0 Å². The van der Waals surface area contributed by atoms with Gasteiger partial charge >= 0.3 is 5.91 Å². The molecular formula is C16H21N6O+. The maximum atomic E-state index is 12.1. The molecule has 1 amide bonds. The molecule has 2 atom stereocenters. The smallest absolute Gasteiger partial charge is 0.302 e. The topological polar surface area (TPSA) is 72.2 Å². The number of H-pyrrole nitrogens is 2. The summed E-state index contributed by atoms with van der Waals surface area (Å²) in [5.41, 5.74) is 1.30. The van der Waals surface area contributed by atoms with Gasteiger partial charge in [0.05, 0.1) is 13.6 Å². The van der Waals surface area contributed by atoms with Crippen LogP contribution in [0.4, 0.5) is 0 Å². The van der Waals surface area contributed by atoms with E-state index in [0.29, 0.717) is 30.6 Å². The lowest BCUT2D eigenvalue weighted by Crippen LogP contribution is -2.54. The zero-order valence-electron chi connectivity index (χ0n) is 15.3. The van der Waals surface area contributed by atoms with Gasteiger partial charge in [0.15, 0.2) is 6.30 Å².